The minimum Gasteiger partial charge on any atom is -0.481 e. The normalized spacial score (nSPS) is 11.9. The Hall–Kier alpha value is -1.88. The summed E-state index contributed by atoms with van der Waals surface area (Å²) in [5, 5.41) is 5.23. The highest BCUT2D eigenvalue weighted by molar-refractivity contribution is 7.13. The van der Waals surface area contributed by atoms with E-state index in [2.05, 4.69) is 10.3 Å². The van der Waals surface area contributed by atoms with Gasteiger partial charge in [-0.1, -0.05) is 17.7 Å². The van der Waals surface area contributed by atoms with Crippen LogP contribution >= 0.6 is 11.3 Å². The van der Waals surface area contributed by atoms with Gasteiger partial charge in [-0.3, -0.25) is 10.1 Å². The lowest BCUT2D eigenvalue weighted by atomic mass is 10.2. The van der Waals surface area contributed by atoms with Crippen molar-refractivity contribution in [1.82, 2.24) is 4.98 Å². The highest BCUT2D eigenvalue weighted by Crippen LogP contribution is 2.16. The predicted octanol–water partition coefficient (Wildman–Crippen LogP) is 3.17. The molecule has 1 aromatic heterocycles. The maximum absolute atomic E-state index is 11.9. The smallest absolute Gasteiger partial charge is 0.266 e. The molecule has 0 aliphatic rings. The quantitative estimate of drug-likeness (QED) is 0.933. The third kappa shape index (κ3) is 3.79. The summed E-state index contributed by atoms with van der Waals surface area (Å²) in [6.07, 6.45) is -0.563. The monoisotopic (exact) mass is 276 g/mol. The summed E-state index contributed by atoms with van der Waals surface area (Å²) < 4.78 is 5.57. The van der Waals surface area contributed by atoms with Gasteiger partial charge in [0, 0.05) is 5.38 Å². The van der Waals surface area contributed by atoms with Crippen molar-refractivity contribution >= 4 is 22.4 Å². The molecule has 0 bridgehead atoms. The van der Waals surface area contributed by atoms with Crippen molar-refractivity contribution in [2.24, 2.45) is 0 Å². The van der Waals surface area contributed by atoms with Crippen LogP contribution in [0.15, 0.2) is 29.6 Å². The summed E-state index contributed by atoms with van der Waals surface area (Å²) in [7, 11) is 0. The minimum absolute atomic E-state index is 0.199. The molecule has 1 N–H and O–H groups in total. The van der Waals surface area contributed by atoms with Crippen LogP contribution in [0, 0.1) is 13.8 Å². The molecular weight excluding hydrogens is 260 g/mol. The fourth-order valence-electron chi connectivity index (χ4n) is 1.49. The van der Waals surface area contributed by atoms with E-state index in [-0.39, 0.29) is 5.91 Å². The van der Waals surface area contributed by atoms with Gasteiger partial charge < -0.3 is 4.74 Å². The molecule has 0 radical (unpaired) electrons. The van der Waals surface area contributed by atoms with Gasteiger partial charge in [-0.05, 0) is 32.9 Å². The Morgan fingerprint density at radius 2 is 2.00 bits per heavy atom. The maximum Gasteiger partial charge on any atom is 0.266 e. The number of carbonyl (C=O) groups is 1. The van der Waals surface area contributed by atoms with Crippen LogP contribution in [0.2, 0.25) is 0 Å². The van der Waals surface area contributed by atoms with Gasteiger partial charge in [0.1, 0.15) is 5.75 Å². The van der Waals surface area contributed by atoms with Crippen LogP contribution in [0.1, 0.15) is 18.2 Å². The molecule has 100 valence electrons. The summed E-state index contributed by atoms with van der Waals surface area (Å²) in [5.74, 6) is 0.485. The largest absolute Gasteiger partial charge is 0.481 e. The first-order valence-corrected chi connectivity index (χ1v) is 6.89. The van der Waals surface area contributed by atoms with Crippen LogP contribution in [0.3, 0.4) is 0 Å². The van der Waals surface area contributed by atoms with Gasteiger partial charge in [-0.2, -0.15) is 0 Å². The number of hydrogen-bond acceptors (Lipinski definition) is 4. The van der Waals surface area contributed by atoms with E-state index in [1.807, 2.05) is 43.5 Å². The topological polar surface area (TPSA) is 51.2 Å². The van der Waals surface area contributed by atoms with Crippen molar-refractivity contribution in [3.05, 3.63) is 40.9 Å². The Kier molecular flexibility index (Phi) is 4.16. The highest BCUT2D eigenvalue weighted by atomic mass is 32.1. The van der Waals surface area contributed by atoms with E-state index >= 15 is 0 Å². The Bertz CT molecular complexity index is 563. The van der Waals surface area contributed by atoms with E-state index < -0.39 is 6.10 Å². The lowest BCUT2D eigenvalue weighted by Gasteiger charge is -2.13. The van der Waals surface area contributed by atoms with E-state index in [1.165, 1.54) is 11.3 Å². The van der Waals surface area contributed by atoms with Gasteiger partial charge in [0.2, 0.25) is 0 Å². The lowest BCUT2D eigenvalue weighted by molar-refractivity contribution is -0.122. The van der Waals surface area contributed by atoms with Crippen molar-refractivity contribution in [3.63, 3.8) is 0 Å². The number of carbonyl (C=O) groups excluding carboxylic acids is 1. The molecule has 0 spiro atoms. The molecule has 0 fully saturated rings. The van der Waals surface area contributed by atoms with Crippen molar-refractivity contribution in [2.75, 3.05) is 5.32 Å². The zero-order valence-electron chi connectivity index (χ0n) is 11.1. The SMILES string of the molecule is Cc1ccc(O[C@H](C)C(=O)Nc2nc(C)cs2)cc1. The van der Waals surface area contributed by atoms with Crippen molar-refractivity contribution < 1.29 is 9.53 Å². The van der Waals surface area contributed by atoms with Gasteiger partial charge in [0.25, 0.3) is 5.91 Å². The third-order valence-corrected chi connectivity index (χ3v) is 3.43. The number of nitrogens with zero attached hydrogens (tertiary/aromatic N) is 1. The number of rotatable bonds is 4. The van der Waals surface area contributed by atoms with E-state index in [1.54, 1.807) is 6.92 Å². The van der Waals surface area contributed by atoms with Crippen LogP contribution in [-0.2, 0) is 4.79 Å². The van der Waals surface area contributed by atoms with E-state index in [4.69, 9.17) is 4.74 Å². The minimum atomic E-state index is -0.563. The number of aryl methyl sites for hydroxylation is 2. The number of ether oxygens (including phenoxy) is 1. The molecule has 1 amide bonds. The predicted molar refractivity (Wildman–Crippen MR) is 76.7 cm³/mol. The van der Waals surface area contributed by atoms with Crippen LogP contribution in [0.4, 0.5) is 5.13 Å². The second-order valence-corrected chi connectivity index (χ2v) is 5.21. The van der Waals surface area contributed by atoms with Crippen LogP contribution in [0.25, 0.3) is 0 Å². The number of hydrogen-bond donors (Lipinski definition) is 1. The van der Waals surface area contributed by atoms with Crippen molar-refractivity contribution in [2.45, 2.75) is 26.9 Å². The first-order valence-electron chi connectivity index (χ1n) is 6.01. The van der Waals surface area contributed by atoms with Crippen LogP contribution in [-0.4, -0.2) is 17.0 Å². The molecule has 0 unspecified atom stereocenters. The van der Waals surface area contributed by atoms with Gasteiger partial charge >= 0.3 is 0 Å². The molecule has 0 aliphatic carbocycles. The third-order valence-electron chi connectivity index (χ3n) is 2.55. The molecule has 0 aliphatic heterocycles. The van der Waals surface area contributed by atoms with Gasteiger partial charge in [0.05, 0.1) is 5.69 Å². The molecule has 1 heterocycles. The Morgan fingerprint density at radius 1 is 1.32 bits per heavy atom. The van der Waals surface area contributed by atoms with Gasteiger partial charge in [0.15, 0.2) is 11.2 Å². The molecule has 1 atom stereocenters. The maximum atomic E-state index is 11.9. The van der Waals surface area contributed by atoms with Crippen LogP contribution < -0.4 is 10.1 Å². The molecule has 5 heteroatoms. The molecule has 4 nitrogen and oxygen atoms in total. The fourth-order valence-corrected chi connectivity index (χ4v) is 2.18. The Morgan fingerprint density at radius 3 is 2.58 bits per heavy atom. The molecular formula is C14H16N2O2S. The van der Waals surface area contributed by atoms with Crippen LogP contribution in [0.5, 0.6) is 5.75 Å². The summed E-state index contributed by atoms with van der Waals surface area (Å²) in [6.45, 7) is 5.61. The summed E-state index contributed by atoms with van der Waals surface area (Å²) in [6, 6.07) is 7.60. The summed E-state index contributed by atoms with van der Waals surface area (Å²) in [5.41, 5.74) is 2.05. The van der Waals surface area contributed by atoms with Crippen molar-refractivity contribution in [1.29, 1.82) is 0 Å². The number of aromatic nitrogens is 1. The molecule has 19 heavy (non-hydrogen) atoms. The molecule has 2 rings (SSSR count). The number of nitrogens with one attached hydrogen (secondary N) is 1. The van der Waals surface area contributed by atoms with Gasteiger partial charge in [-0.15, -0.1) is 11.3 Å². The average molecular weight is 276 g/mol. The average Bonchev–Trinajstić information content (AvgIpc) is 2.77. The zero-order chi connectivity index (χ0) is 13.8. The second kappa shape index (κ2) is 5.84. The molecule has 0 saturated heterocycles. The van der Waals surface area contributed by atoms with Crippen molar-refractivity contribution in [3.8, 4) is 5.75 Å². The van der Waals surface area contributed by atoms with E-state index in [0.29, 0.717) is 10.9 Å². The van der Waals surface area contributed by atoms with E-state index in [0.717, 1.165) is 11.3 Å². The molecule has 0 saturated carbocycles. The molecule has 2 aromatic rings. The summed E-state index contributed by atoms with van der Waals surface area (Å²) >= 11 is 1.40. The summed E-state index contributed by atoms with van der Waals surface area (Å²) in [4.78, 5) is 16.1. The zero-order valence-corrected chi connectivity index (χ0v) is 12.0. The number of thiazole rings is 1. The fraction of sp³-hybridized carbons (Fsp3) is 0.286. The number of benzene rings is 1. The Balaban J connectivity index is 1.94. The standard InChI is InChI=1S/C14H16N2O2S/c1-9-4-6-12(7-5-9)18-11(3)13(17)16-14-15-10(2)8-19-14/h4-8,11H,1-3H3,(H,15,16,17)/t11-/m1/s1. The number of anilines is 1. The lowest BCUT2D eigenvalue weighted by Crippen LogP contribution is -2.30. The molecule has 1 aromatic carbocycles. The first-order chi connectivity index (χ1) is 9.04. The number of amides is 1. The Labute approximate surface area is 116 Å². The first kappa shape index (κ1) is 13.5. The van der Waals surface area contributed by atoms with E-state index in [9.17, 15) is 4.79 Å². The highest BCUT2D eigenvalue weighted by Gasteiger charge is 2.15. The van der Waals surface area contributed by atoms with Gasteiger partial charge in [-0.25, -0.2) is 4.98 Å². The second-order valence-electron chi connectivity index (χ2n) is 4.36.